The minimum Gasteiger partial charge on any atom is -0.395 e. The van der Waals surface area contributed by atoms with E-state index in [9.17, 15) is 14.4 Å². The van der Waals surface area contributed by atoms with E-state index >= 15 is 0 Å². The minimum atomic E-state index is -0.479. The van der Waals surface area contributed by atoms with Gasteiger partial charge < -0.3 is 10.4 Å². The summed E-state index contributed by atoms with van der Waals surface area (Å²) in [5.41, 5.74) is 1.88. The Morgan fingerprint density at radius 1 is 1.41 bits per heavy atom. The van der Waals surface area contributed by atoms with Crippen molar-refractivity contribution in [2.24, 2.45) is 0 Å². The first-order valence-electron chi connectivity index (χ1n) is 6.71. The van der Waals surface area contributed by atoms with Crippen LogP contribution in [0.4, 0.5) is 4.79 Å². The van der Waals surface area contributed by atoms with Crippen LogP contribution in [0.3, 0.4) is 0 Å². The highest BCUT2D eigenvalue weighted by atomic mass is 32.2. The molecule has 0 aromatic heterocycles. The molecule has 0 unspecified atom stereocenters. The third-order valence-corrected chi connectivity index (χ3v) is 3.86. The highest BCUT2D eigenvalue weighted by molar-refractivity contribution is 8.18. The van der Waals surface area contributed by atoms with Crippen LogP contribution in [0.15, 0.2) is 29.2 Å². The van der Waals surface area contributed by atoms with Gasteiger partial charge in [0.25, 0.3) is 11.1 Å². The molecule has 1 aliphatic heterocycles. The molecule has 1 aromatic carbocycles. The largest absolute Gasteiger partial charge is 0.395 e. The van der Waals surface area contributed by atoms with Crippen LogP contribution in [-0.2, 0) is 9.59 Å². The number of benzene rings is 1. The topological polar surface area (TPSA) is 86.7 Å². The molecular formula is C15H16N2O4S. The van der Waals surface area contributed by atoms with Gasteiger partial charge in [-0.25, -0.2) is 0 Å². The normalized spacial score (nSPS) is 16.5. The standard InChI is InChI=1S/C15H16N2O4S/c1-10-3-2-4-11(7-10)8-12-14(20)17(15(21)22-12)9-13(19)16-5-6-18/h2-4,7-8,18H,5-6,9H2,1H3,(H,16,19)/b12-8-. The number of carbonyl (C=O) groups is 3. The van der Waals surface area contributed by atoms with Crippen LogP contribution < -0.4 is 5.32 Å². The number of hydrogen-bond donors (Lipinski definition) is 2. The van der Waals surface area contributed by atoms with E-state index in [2.05, 4.69) is 5.32 Å². The number of imide groups is 1. The molecule has 0 spiro atoms. The Morgan fingerprint density at radius 2 is 2.18 bits per heavy atom. The summed E-state index contributed by atoms with van der Waals surface area (Å²) in [7, 11) is 0. The molecule has 0 saturated carbocycles. The average Bonchev–Trinajstić information content (AvgIpc) is 2.73. The summed E-state index contributed by atoms with van der Waals surface area (Å²) in [4.78, 5) is 36.8. The Bertz CT molecular complexity index is 642. The zero-order chi connectivity index (χ0) is 16.1. The van der Waals surface area contributed by atoms with Gasteiger partial charge in [-0.1, -0.05) is 29.8 Å². The van der Waals surface area contributed by atoms with Gasteiger partial charge in [-0.15, -0.1) is 0 Å². The highest BCUT2D eigenvalue weighted by Gasteiger charge is 2.36. The van der Waals surface area contributed by atoms with E-state index in [1.165, 1.54) is 0 Å². The summed E-state index contributed by atoms with van der Waals surface area (Å²) >= 11 is 0.817. The number of aliphatic hydroxyl groups excluding tert-OH is 1. The maximum absolute atomic E-state index is 12.2. The van der Waals surface area contributed by atoms with Crippen molar-refractivity contribution in [1.82, 2.24) is 10.2 Å². The van der Waals surface area contributed by atoms with E-state index in [0.717, 1.165) is 27.8 Å². The van der Waals surface area contributed by atoms with Crippen molar-refractivity contribution in [2.75, 3.05) is 19.7 Å². The van der Waals surface area contributed by atoms with Crippen LogP contribution in [0.2, 0.25) is 0 Å². The monoisotopic (exact) mass is 320 g/mol. The number of thioether (sulfide) groups is 1. The predicted octanol–water partition coefficient (Wildman–Crippen LogP) is 1.14. The van der Waals surface area contributed by atoms with Crippen LogP contribution in [0, 0.1) is 6.92 Å². The van der Waals surface area contributed by atoms with Gasteiger partial charge in [0.05, 0.1) is 11.5 Å². The zero-order valence-electron chi connectivity index (χ0n) is 12.0. The molecule has 0 bridgehead atoms. The van der Waals surface area contributed by atoms with Crippen LogP contribution >= 0.6 is 11.8 Å². The lowest BCUT2D eigenvalue weighted by molar-refractivity contribution is -0.129. The smallest absolute Gasteiger partial charge is 0.294 e. The van der Waals surface area contributed by atoms with Crippen LogP contribution in [0.25, 0.3) is 6.08 Å². The fraction of sp³-hybridized carbons (Fsp3) is 0.267. The Kier molecular flexibility index (Phi) is 5.35. The first-order valence-corrected chi connectivity index (χ1v) is 7.52. The minimum absolute atomic E-state index is 0.0915. The molecular weight excluding hydrogens is 304 g/mol. The molecule has 0 aliphatic carbocycles. The highest BCUT2D eigenvalue weighted by Crippen LogP contribution is 2.31. The Labute approximate surface area is 132 Å². The molecule has 0 radical (unpaired) electrons. The molecule has 6 nitrogen and oxygen atoms in total. The Balaban J connectivity index is 2.10. The van der Waals surface area contributed by atoms with Crippen molar-refractivity contribution in [3.63, 3.8) is 0 Å². The molecule has 2 rings (SSSR count). The molecule has 1 fully saturated rings. The maximum atomic E-state index is 12.2. The number of nitrogens with one attached hydrogen (secondary N) is 1. The van der Waals surface area contributed by atoms with Crippen LogP contribution in [0.5, 0.6) is 0 Å². The average molecular weight is 320 g/mol. The summed E-state index contributed by atoms with van der Waals surface area (Å²) in [5.74, 6) is -0.955. The first-order chi connectivity index (χ1) is 10.5. The van der Waals surface area contributed by atoms with Gasteiger partial charge in [0, 0.05) is 6.54 Å². The number of aliphatic hydroxyl groups is 1. The van der Waals surface area contributed by atoms with Gasteiger partial charge in [0.1, 0.15) is 6.54 Å². The van der Waals surface area contributed by atoms with Crippen molar-refractivity contribution < 1.29 is 19.5 Å². The molecule has 7 heteroatoms. The number of nitrogens with zero attached hydrogens (tertiary/aromatic N) is 1. The Hall–Kier alpha value is -2.12. The molecule has 1 aliphatic rings. The quantitative estimate of drug-likeness (QED) is 0.795. The van der Waals surface area contributed by atoms with E-state index in [1.807, 2.05) is 31.2 Å². The molecule has 116 valence electrons. The lowest BCUT2D eigenvalue weighted by Crippen LogP contribution is -2.40. The van der Waals surface area contributed by atoms with Gasteiger partial charge in [-0.3, -0.25) is 19.3 Å². The zero-order valence-corrected chi connectivity index (χ0v) is 12.9. The third-order valence-electron chi connectivity index (χ3n) is 2.95. The molecule has 1 aromatic rings. The number of aryl methyl sites for hydroxylation is 1. The first kappa shape index (κ1) is 16.3. The second kappa shape index (κ2) is 7.24. The van der Waals surface area contributed by atoms with Crippen molar-refractivity contribution in [3.05, 3.63) is 40.3 Å². The summed E-state index contributed by atoms with van der Waals surface area (Å²) in [6, 6.07) is 7.55. The second-order valence-electron chi connectivity index (χ2n) is 4.76. The lowest BCUT2D eigenvalue weighted by atomic mass is 10.1. The number of hydrogen-bond acceptors (Lipinski definition) is 5. The van der Waals surface area contributed by atoms with Gasteiger partial charge >= 0.3 is 0 Å². The third kappa shape index (κ3) is 3.96. The van der Waals surface area contributed by atoms with Crippen LogP contribution in [0.1, 0.15) is 11.1 Å². The maximum Gasteiger partial charge on any atom is 0.294 e. The van der Waals surface area contributed by atoms with Gasteiger partial charge in [-0.05, 0) is 30.3 Å². The van der Waals surface area contributed by atoms with Gasteiger partial charge in [-0.2, -0.15) is 0 Å². The fourth-order valence-electron chi connectivity index (χ4n) is 1.94. The summed E-state index contributed by atoms with van der Waals surface area (Å²) in [6.45, 7) is 1.50. The van der Waals surface area contributed by atoms with E-state index in [4.69, 9.17) is 5.11 Å². The predicted molar refractivity (Wildman–Crippen MR) is 84.0 cm³/mol. The summed E-state index contributed by atoms with van der Waals surface area (Å²) in [5, 5.41) is 10.6. The number of carbonyl (C=O) groups excluding carboxylic acids is 3. The molecule has 22 heavy (non-hydrogen) atoms. The number of rotatable bonds is 5. The van der Waals surface area contributed by atoms with E-state index in [-0.39, 0.29) is 19.7 Å². The number of amides is 3. The van der Waals surface area contributed by atoms with Crippen molar-refractivity contribution in [2.45, 2.75) is 6.92 Å². The van der Waals surface area contributed by atoms with E-state index < -0.39 is 17.1 Å². The molecule has 1 saturated heterocycles. The van der Waals surface area contributed by atoms with Crippen molar-refractivity contribution in [3.8, 4) is 0 Å². The molecule has 3 amide bonds. The fourth-order valence-corrected chi connectivity index (χ4v) is 2.78. The van der Waals surface area contributed by atoms with Crippen molar-refractivity contribution >= 4 is 34.9 Å². The van der Waals surface area contributed by atoms with E-state index in [1.54, 1.807) is 6.08 Å². The van der Waals surface area contributed by atoms with Crippen LogP contribution in [-0.4, -0.2) is 46.8 Å². The molecule has 2 N–H and O–H groups in total. The summed E-state index contributed by atoms with van der Waals surface area (Å²) < 4.78 is 0. The van der Waals surface area contributed by atoms with Gasteiger partial charge in [0.2, 0.25) is 5.91 Å². The lowest BCUT2D eigenvalue weighted by Gasteiger charge is -2.11. The summed E-state index contributed by atoms with van der Waals surface area (Å²) in [6.07, 6.45) is 1.64. The Morgan fingerprint density at radius 3 is 2.86 bits per heavy atom. The molecule has 1 heterocycles. The van der Waals surface area contributed by atoms with Crippen molar-refractivity contribution in [1.29, 1.82) is 0 Å². The molecule has 0 atom stereocenters. The van der Waals surface area contributed by atoms with Gasteiger partial charge in [0.15, 0.2) is 0 Å². The second-order valence-corrected chi connectivity index (χ2v) is 5.75. The SMILES string of the molecule is Cc1cccc(/C=C2\SC(=O)N(CC(=O)NCCO)C2=O)c1. The van der Waals surface area contributed by atoms with E-state index in [0.29, 0.717) is 4.91 Å².